The normalized spacial score (nSPS) is 33.4. The summed E-state index contributed by atoms with van der Waals surface area (Å²) in [4.78, 5) is 33.9. The number of amides is 2. The Balaban J connectivity index is 0.00000306. The summed E-state index contributed by atoms with van der Waals surface area (Å²) < 4.78 is 0. The van der Waals surface area contributed by atoms with Crippen molar-refractivity contribution in [3.05, 3.63) is 12.2 Å². The van der Waals surface area contributed by atoms with E-state index in [2.05, 4.69) is 46.5 Å². The molecular weight excluding hydrogens is 529 g/mol. The van der Waals surface area contributed by atoms with Gasteiger partial charge in [0.15, 0.2) is 5.96 Å². The van der Waals surface area contributed by atoms with Crippen molar-refractivity contribution in [2.45, 2.75) is 46.0 Å². The highest BCUT2D eigenvalue weighted by atomic mass is 127. The number of allylic oxidation sites excluding steroid dienone is 2. The predicted octanol–water partition coefficient (Wildman–Crippen LogP) is 2.72. The lowest BCUT2D eigenvalue weighted by atomic mass is 9.85. The van der Waals surface area contributed by atoms with Gasteiger partial charge < -0.3 is 15.5 Å². The number of hydrogen-bond acceptors (Lipinski definition) is 4. The number of piperidine rings is 1. The molecule has 33 heavy (non-hydrogen) atoms. The molecule has 3 fully saturated rings. The first-order chi connectivity index (χ1) is 15.5. The van der Waals surface area contributed by atoms with Gasteiger partial charge in [-0.25, -0.2) is 0 Å². The van der Waals surface area contributed by atoms with Crippen molar-refractivity contribution >= 4 is 41.8 Å². The van der Waals surface area contributed by atoms with Crippen molar-refractivity contribution in [3.8, 4) is 0 Å². The van der Waals surface area contributed by atoms with Crippen LogP contribution in [0.3, 0.4) is 0 Å². The first-order valence-electron chi connectivity index (χ1n) is 12.7. The maximum Gasteiger partial charge on any atom is 0.233 e. The van der Waals surface area contributed by atoms with E-state index < -0.39 is 0 Å². The molecule has 1 saturated carbocycles. The molecule has 0 radical (unpaired) electrons. The van der Waals surface area contributed by atoms with Crippen molar-refractivity contribution in [2.24, 2.45) is 40.5 Å². The number of imide groups is 1. The number of carbonyl (C=O) groups excluding carboxylic acids is 2. The Hall–Kier alpha value is -1.16. The van der Waals surface area contributed by atoms with Crippen LogP contribution < -0.4 is 10.6 Å². The second kappa shape index (κ2) is 12.0. The molecule has 2 N–H and O–H groups in total. The first-order valence-corrected chi connectivity index (χ1v) is 12.7. The quantitative estimate of drug-likeness (QED) is 0.111. The number of guanidine groups is 1. The Labute approximate surface area is 216 Å². The predicted molar refractivity (Wildman–Crippen MR) is 142 cm³/mol. The van der Waals surface area contributed by atoms with E-state index in [1.807, 2.05) is 0 Å². The molecule has 4 aliphatic rings. The van der Waals surface area contributed by atoms with Crippen molar-refractivity contribution in [3.63, 3.8) is 0 Å². The molecule has 2 heterocycles. The lowest BCUT2D eigenvalue weighted by Crippen LogP contribution is -2.41. The van der Waals surface area contributed by atoms with Gasteiger partial charge in [-0.3, -0.25) is 19.5 Å². The van der Waals surface area contributed by atoms with Crippen LogP contribution in [0, 0.1) is 35.5 Å². The number of fused-ring (bicyclic) bond motifs is 5. The number of rotatable bonds is 9. The highest BCUT2D eigenvalue weighted by Gasteiger charge is 2.58. The molecular formula is C25H42IN5O2. The summed E-state index contributed by atoms with van der Waals surface area (Å²) in [6.07, 6.45) is 9.69. The molecule has 7 nitrogen and oxygen atoms in total. The lowest BCUT2D eigenvalue weighted by Gasteiger charge is -2.34. The molecule has 0 aromatic rings. The SMILES string of the molecule is CN=C(NCCCCN1CC(C)CC(C)C1)NCCCN1C(=O)C2C3C=CC(C3)C2C1=O.I. The molecule has 2 amide bonds. The molecule has 186 valence electrons. The number of aliphatic imine (C=N–C) groups is 1. The largest absolute Gasteiger partial charge is 0.356 e. The number of halogens is 1. The number of carbonyl (C=O) groups is 2. The van der Waals surface area contributed by atoms with Gasteiger partial charge in [0.2, 0.25) is 11.8 Å². The first kappa shape index (κ1) is 26.4. The van der Waals surface area contributed by atoms with Crippen molar-refractivity contribution in [1.29, 1.82) is 0 Å². The second-order valence-electron chi connectivity index (χ2n) is 10.5. The third kappa shape index (κ3) is 6.10. The Kier molecular flexibility index (Phi) is 9.62. The standard InChI is InChI=1S/C25H41N5O2.HI/c1-17-13-18(2)16-29(15-17)11-5-4-9-27-25(26-3)28-10-6-12-30-23(31)21-19-7-8-20(14-19)22(21)24(30)32;/h7-8,17-22H,4-6,9-16H2,1-3H3,(H2,26,27,28);1H. The number of unbranched alkanes of at least 4 members (excludes halogenated alkanes) is 1. The number of likely N-dealkylation sites (tertiary alicyclic amines) is 2. The zero-order valence-electron chi connectivity index (χ0n) is 20.5. The fraction of sp³-hybridized carbons (Fsp3) is 0.800. The second-order valence-corrected chi connectivity index (χ2v) is 10.5. The molecule has 0 aromatic heterocycles. The fourth-order valence-corrected chi connectivity index (χ4v) is 6.49. The van der Waals surface area contributed by atoms with Gasteiger partial charge in [0.25, 0.3) is 0 Å². The van der Waals surface area contributed by atoms with Crippen LogP contribution in [0.5, 0.6) is 0 Å². The van der Waals surface area contributed by atoms with Crippen LogP contribution in [-0.4, -0.2) is 73.9 Å². The van der Waals surface area contributed by atoms with Gasteiger partial charge in [-0.1, -0.05) is 26.0 Å². The average molecular weight is 572 g/mol. The molecule has 0 spiro atoms. The molecule has 2 saturated heterocycles. The summed E-state index contributed by atoms with van der Waals surface area (Å²) in [6.45, 7) is 10.5. The Morgan fingerprint density at radius 3 is 2.06 bits per heavy atom. The minimum absolute atomic E-state index is 0. The summed E-state index contributed by atoms with van der Waals surface area (Å²) in [5, 5.41) is 6.71. The topological polar surface area (TPSA) is 77.0 Å². The third-order valence-electron chi connectivity index (χ3n) is 7.77. The molecule has 2 aliphatic carbocycles. The Bertz CT molecular complexity index is 717. The number of nitrogens with zero attached hydrogens (tertiary/aromatic N) is 3. The van der Waals surface area contributed by atoms with Crippen molar-refractivity contribution in [2.75, 3.05) is 46.3 Å². The zero-order valence-corrected chi connectivity index (χ0v) is 22.8. The van der Waals surface area contributed by atoms with Crippen LogP contribution in [-0.2, 0) is 9.59 Å². The van der Waals surface area contributed by atoms with Crippen LogP contribution in [0.1, 0.15) is 46.0 Å². The van der Waals surface area contributed by atoms with Crippen molar-refractivity contribution < 1.29 is 9.59 Å². The maximum absolute atomic E-state index is 12.7. The van der Waals surface area contributed by atoms with E-state index >= 15 is 0 Å². The zero-order chi connectivity index (χ0) is 22.7. The molecule has 6 atom stereocenters. The highest BCUT2D eigenvalue weighted by molar-refractivity contribution is 14.0. The van der Waals surface area contributed by atoms with E-state index in [0.29, 0.717) is 13.1 Å². The smallest absolute Gasteiger partial charge is 0.233 e. The minimum atomic E-state index is -0.0868. The van der Waals surface area contributed by atoms with Crippen LogP contribution in [0.15, 0.2) is 17.1 Å². The molecule has 4 rings (SSSR count). The van der Waals surface area contributed by atoms with Gasteiger partial charge in [0.1, 0.15) is 0 Å². The van der Waals surface area contributed by atoms with E-state index in [4.69, 9.17) is 0 Å². The summed E-state index contributed by atoms with van der Waals surface area (Å²) in [5.74, 6) is 2.93. The van der Waals surface area contributed by atoms with E-state index in [0.717, 1.165) is 43.6 Å². The van der Waals surface area contributed by atoms with Crippen LogP contribution in [0.2, 0.25) is 0 Å². The Morgan fingerprint density at radius 1 is 0.909 bits per heavy atom. The number of hydrogen-bond donors (Lipinski definition) is 2. The minimum Gasteiger partial charge on any atom is -0.356 e. The molecule has 0 aromatic carbocycles. The van der Waals surface area contributed by atoms with Gasteiger partial charge in [-0.2, -0.15) is 0 Å². The summed E-state index contributed by atoms with van der Waals surface area (Å²) in [6, 6.07) is 0. The van der Waals surface area contributed by atoms with E-state index in [-0.39, 0.29) is 59.5 Å². The van der Waals surface area contributed by atoms with Crippen LogP contribution in [0.25, 0.3) is 0 Å². The third-order valence-corrected chi connectivity index (χ3v) is 7.77. The van der Waals surface area contributed by atoms with Crippen LogP contribution in [0.4, 0.5) is 0 Å². The van der Waals surface area contributed by atoms with E-state index in [1.165, 1.54) is 37.4 Å². The van der Waals surface area contributed by atoms with Crippen LogP contribution >= 0.6 is 24.0 Å². The van der Waals surface area contributed by atoms with Gasteiger partial charge in [-0.05, 0) is 62.3 Å². The maximum atomic E-state index is 12.7. The van der Waals surface area contributed by atoms with Crippen molar-refractivity contribution in [1.82, 2.24) is 20.4 Å². The van der Waals surface area contributed by atoms with Gasteiger partial charge in [0.05, 0.1) is 11.8 Å². The monoisotopic (exact) mass is 571 g/mol. The van der Waals surface area contributed by atoms with Gasteiger partial charge in [0, 0.05) is 39.8 Å². The fourth-order valence-electron chi connectivity index (χ4n) is 6.49. The van der Waals surface area contributed by atoms with Gasteiger partial charge >= 0.3 is 0 Å². The summed E-state index contributed by atoms with van der Waals surface area (Å²) >= 11 is 0. The molecule has 2 aliphatic heterocycles. The molecule has 2 bridgehead atoms. The van der Waals surface area contributed by atoms with E-state index in [9.17, 15) is 9.59 Å². The molecule has 8 heteroatoms. The summed E-state index contributed by atoms with van der Waals surface area (Å²) in [5.41, 5.74) is 0. The lowest BCUT2D eigenvalue weighted by molar-refractivity contribution is -0.140. The van der Waals surface area contributed by atoms with E-state index in [1.54, 1.807) is 7.05 Å². The number of nitrogens with one attached hydrogen (secondary N) is 2. The highest BCUT2D eigenvalue weighted by Crippen LogP contribution is 2.52. The van der Waals surface area contributed by atoms with Gasteiger partial charge in [-0.15, -0.1) is 24.0 Å². The average Bonchev–Trinajstić information content (AvgIpc) is 3.43. The summed E-state index contributed by atoms with van der Waals surface area (Å²) in [7, 11) is 1.78. The molecule has 6 unspecified atom stereocenters. The Morgan fingerprint density at radius 2 is 1.48 bits per heavy atom.